The van der Waals surface area contributed by atoms with Crippen molar-refractivity contribution in [3.05, 3.63) is 0 Å². The van der Waals surface area contributed by atoms with Crippen LogP contribution in [-0.4, -0.2) is 18.5 Å². The van der Waals surface area contributed by atoms with Crippen molar-refractivity contribution >= 4 is 5.91 Å². The van der Waals surface area contributed by atoms with Gasteiger partial charge in [0.05, 0.1) is 0 Å². The van der Waals surface area contributed by atoms with Crippen LogP contribution in [0.5, 0.6) is 0 Å². The van der Waals surface area contributed by atoms with Gasteiger partial charge in [-0.3, -0.25) is 4.79 Å². The van der Waals surface area contributed by atoms with Gasteiger partial charge < -0.3 is 11.1 Å². The molecule has 3 heteroatoms. The molecule has 0 bridgehead atoms. The Morgan fingerprint density at radius 1 is 1.60 bits per heavy atom. The third kappa shape index (κ3) is 2.82. The van der Waals surface area contributed by atoms with Crippen LogP contribution in [0.1, 0.15) is 25.7 Å². The van der Waals surface area contributed by atoms with E-state index in [0.29, 0.717) is 19.0 Å². The Kier molecular flexibility index (Phi) is 2.68. The first-order valence-electron chi connectivity index (χ1n) is 3.82. The molecule has 58 valence electrons. The van der Waals surface area contributed by atoms with Crippen molar-refractivity contribution in [3.63, 3.8) is 0 Å². The zero-order chi connectivity index (χ0) is 7.40. The molecule has 0 aromatic rings. The molecule has 1 saturated carbocycles. The summed E-state index contributed by atoms with van der Waals surface area (Å²) in [5, 5.41) is 2.89. The van der Waals surface area contributed by atoms with Gasteiger partial charge in [-0.1, -0.05) is 0 Å². The van der Waals surface area contributed by atoms with Crippen molar-refractivity contribution in [2.24, 2.45) is 5.73 Å². The van der Waals surface area contributed by atoms with Gasteiger partial charge in [0.1, 0.15) is 0 Å². The summed E-state index contributed by atoms with van der Waals surface area (Å²) in [6.45, 7) is 0.609. The van der Waals surface area contributed by atoms with Crippen LogP contribution in [0, 0.1) is 0 Å². The minimum atomic E-state index is 0.160. The molecule has 0 radical (unpaired) electrons. The molecular weight excluding hydrogens is 128 g/mol. The highest BCUT2D eigenvalue weighted by atomic mass is 16.1. The van der Waals surface area contributed by atoms with E-state index in [1.807, 2.05) is 0 Å². The third-order valence-electron chi connectivity index (χ3n) is 1.55. The smallest absolute Gasteiger partial charge is 0.220 e. The summed E-state index contributed by atoms with van der Waals surface area (Å²) >= 11 is 0. The number of amides is 1. The second-order valence-corrected chi connectivity index (χ2v) is 2.73. The molecule has 1 fully saturated rings. The van der Waals surface area contributed by atoms with E-state index in [4.69, 9.17) is 5.73 Å². The summed E-state index contributed by atoms with van der Waals surface area (Å²) < 4.78 is 0. The van der Waals surface area contributed by atoms with E-state index >= 15 is 0 Å². The number of nitrogens with one attached hydrogen (secondary N) is 1. The predicted octanol–water partition coefficient (Wildman–Crippen LogP) is 0.00390. The topological polar surface area (TPSA) is 55.1 Å². The lowest BCUT2D eigenvalue weighted by Crippen LogP contribution is -2.25. The largest absolute Gasteiger partial charge is 0.353 e. The number of hydrogen-bond donors (Lipinski definition) is 2. The van der Waals surface area contributed by atoms with Gasteiger partial charge in [0, 0.05) is 12.5 Å². The molecule has 3 nitrogen and oxygen atoms in total. The maximum absolute atomic E-state index is 10.9. The Labute approximate surface area is 61.0 Å². The van der Waals surface area contributed by atoms with E-state index in [0.717, 1.165) is 19.3 Å². The minimum absolute atomic E-state index is 0.160. The molecule has 0 spiro atoms. The summed E-state index contributed by atoms with van der Waals surface area (Å²) in [5.74, 6) is 0.160. The molecule has 0 saturated heterocycles. The number of nitrogens with two attached hydrogens (primary N) is 1. The monoisotopic (exact) mass is 142 g/mol. The van der Waals surface area contributed by atoms with E-state index in [1.54, 1.807) is 0 Å². The van der Waals surface area contributed by atoms with Gasteiger partial charge in [0.25, 0.3) is 0 Å². The molecule has 10 heavy (non-hydrogen) atoms. The molecule has 0 aliphatic heterocycles. The van der Waals surface area contributed by atoms with E-state index in [2.05, 4.69) is 5.32 Å². The highest BCUT2D eigenvalue weighted by Gasteiger charge is 2.22. The van der Waals surface area contributed by atoms with Crippen LogP contribution in [0.4, 0.5) is 0 Å². The van der Waals surface area contributed by atoms with Crippen molar-refractivity contribution in [3.8, 4) is 0 Å². The van der Waals surface area contributed by atoms with Gasteiger partial charge in [0.15, 0.2) is 0 Å². The minimum Gasteiger partial charge on any atom is -0.353 e. The number of hydrogen-bond acceptors (Lipinski definition) is 2. The Morgan fingerprint density at radius 3 is 2.80 bits per heavy atom. The molecule has 1 aliphatic rings. The highest BCUT2D eigenvalue weighted by Crippen LogP contribution is 2.18. The molecule has 1 rings (SSSR count). The fraction of sp³-hybridized carbons (Fsp3) is 0.857. The third-order valence-corrected chi connectivity index (χ3v) is 1.55. The van der Waals surface area contributed by atoms with E-state index < -0.39 is 0 Å². The van der Waals surface area contributed by atoms with Crippen LogP contribution in [0.15, 0.2) is 0 Å². The molecule has 0 aromatic heterocycles. The van der Waals surface area contributed by atoms with E-state index in [1.165, 1.54) is 0 Å². The molecule has 0 unspecified atom stereocenters. The molecule has 3 N–H and O–H groups in total. The van der Waals surface area contributed by atoms with Crippen LogP contribution in [-0.2, 0) is 4.79 Å². The Bertz CT molecular complexity index is 121. The maximum Gasteiger partial charge on any atom is 0.220 e. The summed E-state index contributed by atoms with van der Waals surface area (Å²) in [6, 6.07) is 0.491. The molecular formula is C7H14N2O. The number of carbonyl (C=O) groups is 1. The van der Waals surface area contributed by atoms with Crippen LogP contribution in [0.25, 0.3) is 0 Å². The Morgan fingerprint density at radius 2 is 2.30 bits per heavy atom. The lowest BCUT2D eigenvalue weighted by Gasteiger charge is -2.00. The first-order valence-corrected chi connectivity index (χ1v) is 3.82. The van der Waals surface area contributed by atoms with Gasteiger partial charge >= 0.3 is 0 Å². The standard InChI is InChI=1S/C7H14N2O/c8-5-1-2-7(10)9-6-3-4-6/h6H,1-5,8H2,(H,9,10). The van der Waals surface area contributed by atoms with Crippen LogP contribution in [0.2, 0.25) is 0 Å². The van der Waals surface area contributed by atoms with Crippen molar-refractivity contribution < 1.29 is 4.79 Å². The van der Waals surface area contributed by atoms with Gasteiger partial charge in [-0.15, -0.1) is 0 Å². The van der Waals surface area contributed by atoms with Gasteiger partial charge in [-0.25, -0.2) is 0 Å². The summed E-state index contributed by atoms with van der Waals surface area (Å²) in [6.07, 6.45) is 3.72. The normalized spacial score (nSPS) is 16.9. The van der Waals surface area contributed by atoms with Gasteiger partial charge in [-0.2, -0.15) is 0 Å². The van der Waals surface area contributed by atoms with Crippen molar-refractivity contribution in [2.45, 2.75) is 31.7 Å². The van der Waals surface area contributed by atoms with E-state index in [-0.39, 0.29) is 5.91 Å². The summed E-state index contributed by atoms with van der Waals surface area (Å²) in [4.78, 5) is 10.9. The Balaban J connectivity index is 1.97. The number of rotatable bonds is 4. The molecule has 0 aromatic carbocycles. The lowest BCUT2D eigenvalue weighted by atomic mass is 10.3. The second kappa shape index (κ2) is 3.56. The first kappa shape index (κ1) is 7.54. The SMILES string of the molecule is NCCCC(=O)NC1CC1. The Hall–Kier alpha value is -0.570. The van der Waals surface area contributed by atoms with Crippen LogP contribution >= 0.6 is 0 Å². The van der Waals surface area contributed by atoms with Crippen molar-refractivity contribution in [1.29, 1.82) is 0 Å². The average Bonchev–Trinajstić information content (AvgIpc) is 2.67. The van der Waals surface area contributed by atoms with Crippen LogP contribution in [0.3, 0.4) is 0 Å². The number of carbonyl (C=O) groups excluding carboxylic acids is 1. The fourth-order valence-corrected chi connectivity index (χ4v) is 0.790. The van der Waals surface area contributed by atoms with Crippen molar-refractivity contribution in [2.75, 3.05) is 6.54 Å². The predicted molar refractivity (Wildman–Crippen MR) is 39.5 cm³/mol. The average molecular weight is 142 g/mol. The fourth-order valence-electron chi connectivity index (χ4n) is 0.790. The van der Waals surface area contributed by atoms with Crippen molar-refractivity contribution in [1.82, 2.24) is 5.32 Å². The molecule has 0 heterocycles. The van der Waals surface area contributed by atoms with E-state index in [9.17, 15) is 4.79 Å². The lowest BCUT2D eigenvalue weighted by molar-refractivity contribution is -0.121. The zero-order valence-electron chi connectivity index (χ0n) is 6.10. The highest BCUT2D eigenvalue weighted by molar-refractivity contribution is 5.76. The molecule has 1 amide bonds. The van der Waals surface area contributed by atoms with Gasteiger partial charge in [0.2, 0.25) is 5.91 Å². The summed E-state index contributed by atoms with van der Waals surface area (Å²) in [7, 11) is 0. The van der Waals surface area contributed by atoms with Crippen LogP contribution < -0.4 is 11.1 Å². The van der Waals surface area contributed by atoms with Gasteiger partial charge in [-0.05, 0) is 25.8 Å². The quantitative estimate of drug-likeness (QED) is 0.580. The molecule has 1 aliphatic carbocycles. The first-order chi connectivity index (χ1) is 4.83. The molecule has 0 atom stereocenters. The zero-order valence-corrected chi connectivity index (χ0v) is 6.10. The second-order valence-electron chi connectivity index (χ2n) is 2.73. The summed E-state index contributed by atoms with van der Waals surface area (Å²) in [5.41, 5.74) is 5.24. The maximum atomic E-state index is 10.9.